The van der Waals surface area contributed by atoms with Crippen LogP contribution in [0.15, 0.2) is 30.3 Å². The molecule has 0 aliphatic carbocycles. The van der Waals surface area contributed by atoms with Crippen molar-refractivity contribution in [2.75, 3.05) is 44.2 Å². The topological polar surface area (TPSA) is 53.4 Å². The van der Waals surface area contributed by atoms with E-state index in [1.54, 1.807) is 0 Å². The summed E-state index contributed by atoms with van der Waals surface area (Å²) in [5, 5.41) is 7.43. The van der Waals surface area contributed by atoms with Crippen molar-refractivity contribution in [3.8, 4) is 0 Å². The Hall–Kier alpha value is -2.34. The first kappa shape index (κ1) is 19.4. The van der Waals surface area contributed by atoms with Gasteiger partial charge in [0.05, 0.1) is 12.1 Å². The zero-order valence-electron chi connectivity index (χ0n) is 16.7. The third kappa shape index (κ3) is 5.10. The van der Waals surface area contributed by atoms with Crippen LogP contribution in [0.4, 0.5) is 5.69 Å². The summed E-state index contributed by atoms with van der Waals surface area (Å²) in [6.07, 6.45) is 1.41. The zero-order chi connectivity index (χ0) is 19.2. The lowest BCUT2D eigenvalue weighted by molar-refractivity contribution is -0.120. The number of hydrogen-bond acceptors (Lipinski definition) is 4. The first-order chi connectivity index (χ1) is 13.0. The molecule has 0 saturated carbocycles. The Labute approximate surface area is 162 Å². The predicted molar refractivity (Wildman–Crippen MR) is 109 cm³/mol. The van der Waals surface area contributed by atoms with Gasteiger partial charge in [0.2, 0.25) is 5.91 Å². The minimum absolute atomic E-state index is 0.0862. The smallest absolute Gasteiger partial charge is 0.224 e. The summed E-state index contributed by atoms with van der Waals surface area (Å²) in [4.78, 5) is 17.1. The van der Waals surface area contributed by atoms with Gasteiger partial charge in [0.25, 0.3) is 0 Å². The Kier molecular flexibility index (Phi) is 6.50. The van der Waals surface area contributed by atoms with Crippen LogP contribution in [0.2, 0.25) is 0 Å². The summed E-state index contributed by atoms with van der Waals surface area (Å²) in [6.45, 7) is 10.0. The number of benzene rings is 1. The number of amides is 1. The Morgan fingerprint density at radius 3 is 2.44 bits per heavy atom. The average molecular weight is 370 g/mol. The highest BCUT2D eigenvalue weighted by Crippen LogP contribution is 2.15. The van der Waals surface area contributed by atoms with E-state index in [0.717, 1.165) is 62.6 Å². The van der Waals surface area contributed by atoms with E-state index < -0.39 is 0 Å². The minimum atomic E-state index is 0.0862. The van der Waals surface area contributed by atoms with Gasteiger partial charge in [-0.25, -0.2) is 0 Å². The Morgan fingerprint density at radius 2 is 1.81 bits per heavy atom. The highest BCUT2D eigenvalue weighted by atomic mass is 16.1. The van der Waals surface area contributed by atoms with Crippen molar-refractivity contribution in [1.82, 2.24) is 20.0 Å². The molecule has 1 N–H and O–H groups in total. The molecule has 6 heteroatoms. The van der Waals surface area contributed by atoms with E-state index in [-0.39, 0.29) is 5.91 Å². The molecule has 1 aromatic carbocycles. The van der Waals surface area contributed by atoms with Gasteiger partial charge in [-0.3, -0.25) is 14.4 Å². The number of nitrogens with zero attached hydrogens (tertiary/aromatic N) is 4. The summed E-state index contributed by atoms with van der Waals surface area (Å²) in [5.74, 6) is 0.0862. The number of aryl methyl sites for hydroxylation is 2. The maximum Gasteiger partial charge on any atom is 0.224 e. The molecule has 2 heterocycles. The lowest BCUT2D eigenvalue weighted by Gasteiger charge is -2.36. The van der Waals surface area contributed by atoms with E-state index in [1.807, 2.05) is 25.6 Å². The van der Waals surface area contributed by atoms with Crippen molar-refractivity contribution in [3.05, 3.63) is 47.3 Å². The average Bonchev–Trinajstić information content (AvgIpc) is 2.92. The molecular formula is C21H31N5O. The van der Waals surface area contributed by atoms with Crippen molar-refractivity contribution in [3.63, 3.8) is 0 Å². The second-order valence-electron chi connectivity index (χ2n) is 7.32. The van der Waals surface area contributed by atoms with Crippen LogP contribution in [0.1, 0.15) is 23.4 Å². The molecule has 6 nitrogen and oxygen atoms in total. The monoisotopic (exact) mass is 369 g/mol. The van der Waals surface area contributed by atoms with Crippen molar-refractivity contribution in [1.29, 1.82) is 0 Å². The third-order valence-electron chi connectivity index (χ3n) is 5.46. The number of carbonyl (C=O) groups excluding carboxylic acids is 1. The van der Waals surface area contributed by atoms with E-state index in [4.69, 9.17) is 0 Å². The maximum atomic E-state index is 12.2. The van der Waals surface area contributed by atoms with Gasteiger partial charge in [-0.2, -0.15) is 5.10 Å². The standard InChI is InChI=1S/C21H31N5O/c1-17-20(18(2)24(3)23-17)16-21(27)22-10-7-11-25-12-14-26(15-13-25)19-8-5-4-6-9-19/h4-6,8-9H,7,10-16H2,1-3H3,(H,22,27). The normalized spacial score (nSPS) is 15.1. The Morgan fingerprint density at radius 1 is 1.11 bits per heavy atom. The van der Waals surface area contributed by atoms with Gasteiger partial charge in [0, 0.05) is 56.7 Å². The molecule has 3 rings (SSSR count). The third-order valence-corrected chi connectivity index (χ3v) is 5.46. The number of hydrogen-bond donors (Lipinski definition) is 1. The molecule has 1 aliphatic heterocycles. The molecule has 0 spiro atoms. The van der Waals surface area contributed by atoms with Crippen LogP contribution in [-0.2, 0) is 18.3 Å². The van der Waals surface area contributed by atoms with E-state index >= 15 is 0 Å². The van der Waals surface area contributed by atoms with Crippen LogP contribution < -0.4 is 10.2 Å². The number of nitrogens with one attached hydrogen (secondary N) is 1. The van der Waals surface area contributed by atoms with Gasteiger partial charge < -0.3 is 10.2 Å². The fraction of sp³-hybridized carbons (Fsp3) is 0.524. The van der Waals surface area contributed by atoms with Crippen molar-refractivity contribution >= 4 is 11.6 Å². The molecule has 146 valence electrons. The second-order valence-corrected chi connectivity index (χ2v) is 7.32. The number of anilines is 1. The molecule has 0 radical (unpaired) electrons. The van der Waals surface area contributed by atoms with Crippen LogP contribution in [0.3, 0.4) is 0 Å². The first-order valence-corrected chi connectivity index (χ1v) is 9.82. The van der Waals surface area contributed by atoms with Crippen LogP contribution >= 0.6 is 0 Å². The molecule has 1 saturated heterocycles. The van der Waals surface area contributed by atoms with Crippen LogP contribution in [0.25, 0.3) is 0 Å². The lowest BCUT2D eigenvalue weighted by atomic mass is 10.1. The lowest BCUT2D eigenvalue weighted by Crippen LogP contribution is -2.47. The summed E-state index contributed by atoms with van der Waals surface area (Å²) in [6, 6.07) is 10.6. The molecule has 1 aromatic heterocycles. The molecule has 0 bridgehead atoms. The number of rotatable bonds is 7. The van der Waals surface area contributed by atoms with Gasteiger partial charge in [0.1, 0.15) is 0 Å². The number of para-hydroxylation sites is 1. The number of aromatic nitrogens is 2. The van der Waals surface area contributed by atoms with Gasteiger partial charge in [0.15, 0.2) is 0 Å². The fourth-order valence-corrected chi connectivity index (χ4v) is 3.70. The predicted octanol–water partition coefficient (Wildman–Crippen LogP) is 1.91. The molecule has 0 atom stereocenters. The molecule has 2 aromatic rings. The van der Waals surface area contributed by atoms with Gasteiger partial charge in [-0.1, -0.05) is 18.2 Å². The van der Waals surface area contributed by atoms with Crippen LogP contribution in [0, 0.1) is 13.8 Å². The highest BCUT2D eigenvalue weighted by molar-refractivity contribution is 5.79. The molecular weight excluding hydrogens is 338 g/mol. The molecule has 0 unspecified atom stereocenters. The summed E-state index contributed by atoms with van der Waals surface area (Å²) in [5.41, 5.74) is 4.37. The minimum Gasteiger partial charge on any atom is -0.369 e. The number of piperazine rings is 1. The van der Waals surface area contributed by atoms with Crippen molar-refractivity contribution in [2.24, 2.45) is 7.05 Å². The molecule has 1 amide bonds. The van der Waals surface area contributed by atoms with Gasteiger partial charge >= 0.3 is 0 Å². The van der Waals surface area contributed by atoms with E-state index in [1.165, 1.54) is 5.69 Å². The van der Waals surface area contributed by atoms with Crippen LogP contribution in [-0.4, -0.2) is 59.9 Å². The number of carbonyl (C=O) groups is 1. The highest BCUT2D eigenvalue weighted by Gasteiger charge is 2.17. The SMILES string of the molecule is Cc1nn(C)c(C)c1CC(=O)NCCCN1CCN(c2ccccc2)CC1. The van der Waals surface area contributed by atoms with E-state index in [9.17, 15) is 4.79 Å². The Bertz CT molecular complexity index is 747. The van der Waals surface area contributed by atoms with E-state index in [2.05, 4.69) is 50.5 Å². The van der Waals surface area contributed by atoms with Crippen molar-refractivity contribution < 1.29 is 4.79 Å². The maximum absolute atomic E-state index is 12.2. The Balaban J connectivity index is 1.33. The largest absolute Gasteiger partial charge is 0.369 e. The second kappa shape index (κ2) is 9.04. The van der Waals surface area contributed by atoms with Crippen molar-refractivity contribution in [2.45, 2.75) is 26.7 Å². The quantitative estimate of drug-likeness (QED) is 0.758. The molecule has 1 fully saturated rings. The summed E-state index contributed by atoms with van der Waals surface area (Å²) >= 11 is 0. The molecule has 27 heavy (non-hydrogen) atoms. The first-order valence-electron chi connectivity index (χ1n) is 9.82. The van der Waals surface area contributed by atoms with E-state index in [0.29, 0.717) is 6.42 Å². The zero-order valence-corrected chi connectivity index (χ0v) is 16.7. The van der Waals surface area contributed by atoms with Crippen LogP contribution in [0.5, 0.6) is 0 Å². The molecule has 1 aliphatic rings. The summed E-state index contributed by atoms with van der Waals surface area (Å²) < 4.78 is 1.84. The van der Waals surface area contributed by atoms with Gasteiger partial charge in [-0.15, -0.1) is 0 Å². The fourth-order valence-electron chi connectivity index (χ4n) is 3.70. The van der Waals surface area contributed by atoms with Gasteiger partial charge in [-0.05, 0) is 38.9 Å². The summed E-state index contributed by atoms with van der Waals surface area (Å²) in [7, 11) is 1.92.